The molecule has 202 valence electrons. The van der Waals surface area contributed by atoms with E-state index < -0.39 is 64.5 Å². The van der Waals surface area contributed by atoms with Gasteiger partial charge in [0.05, 0.1) is 12.2 Å². The Balaban J connectivity index is 0.000000392. The van der Waals surface area contributed by atoms with Crippen molar-refractivity contribution in [1.82, 2.24) is 0 Å². The summed E-state index contributed by atoms with van der Waals surface area (Å²) < 4.78 is 16.8. The fraction of sp³-hybridized carbons (Fsp3) is 0.741. The molecule has 0 aromatic rings. The van der Waals surface area contributed by atoms with Crippen molar-refractivity contribution in [1.29, 1.82) is 0 Å². The van der Waals surface area contributed by atoms with E-state index in [2.05, 4.69) is 6.92 Å². The molecule has 8 atom stereocenters. The van der Waals surface area contributed by atoms with Gasteiger partial charge in [-0.25, -0.2) is 4.39 Å². The lowest BCUT2D eigenvalue weighted by Crippen LogP contribution is -2.69. The first-order chi connectivity index (χ1) is 16.7. The molecule has 0 heterocycles. The molecule has 0 saturated heterocycles. The number of aliphatic hydroxyl groups excluding tert-OH is 3. The monoisotopic (exact) mass is 510 g/mol. The highest BCUT2D eigenvalue weighted by molar-refractivity contribution is 6.01. The number of aliphatic carboxylic acids is 1. The maximum absolute atomic E-state index is 16.8. The summed E-state index contributed by atoms with van der Waals surface area (Å²) in [5, 5.41) is 50.2. The van der Waals surface area contributed by atoms with Crippen LogP contribution in [-0.2, 0) is 14.4 Å². The lowest BCUT2D eigenvalue weighted by Gasteiger charge is -2.62. The van der Waals surface area contributed by atoms with Crippen molar-refractivity contribution in [2.45, 2.75) is 95.6 Å². The van der Waals surface area contributed by atoms with Crippen molar-refractivity contribution in [2.24, 2.45) is 22.7 Å². The second-order valence-corrected chi connectivity index (χ2v) is 11.2. The summed E-state index contributed by atoms with van der Waals surface area (Å²) in [4.78, 5) is 34.1. The van der Waals surface area contributed by atoms with E-state index in [1.165, 1.54) is 18.2 Å². The van der Waals surface area contributed by atoms with E-state index in [4.69, 9.17) is 5.11 Å². The van der Waals surface area contributed by atoms with Crippen LogP contribution in [0.5, 0.6) is 0 Å². The number of carbonyl (C=O) groups excluding carboxylic acids is 2. The summed E-state index contributed by atoms with van der Waals surface area (Å²) in [6.45, 7) is 4.39. The third-order valence-corrected chi connectivity index (χ3v) is 9.42. The van der Waals surface area contributed by atoms with Crippen LogP contribution < -0.4 is 0 Å². The molecular formula is C27H39FO8. The Kier molecular flexibility index (Phi) is 8.02. The molecule has 4 aliphatic carbocycles. The van der Waals surface area contributed by atoms with Crippen LogP contribution >= 0.6 is 0 Å². The number of rotatable bonds is 6. The summed E-state index contributed by atoms with van der Waals surface area (Å²) >= 11 is 0. The zero-order valence-corrected chi connectivity index (χ0v) is 21.2. The van der Waals surface area contributed by atoms with E-state index in [9.17, 15) is 34.8 Å². The summed E-state index contributed by atoms with van der Waals surface area (Å²) in [6, 6.07) is 0. The van der Waals surface area contributed by atoms with Gasteiger partial charge in [-0.05, 0) is 57.1 Å². The Hall–Kier alpha value is -1.94. The SMILES string of the molecule is CCCCCC(=O)O.C[C@]12C=CC(=O)C=C1CC[C@H]1[C@@H]3C[C@@H](O)[C@](O)(C(=O)CO)[C@@]3(C)C[C@H](O)[C@@]12F. The molecule has 3 fully saturated rings. The predicted octanol–water partition coefficient (Wildman–Crippen LogP) is 2.27. The average Bonchev–Trinajstić information content (AvgIpc) is 3.02. The summed E-state index contributed by atoms with van der Waals surface area (Å²) in [5.41, 5.74) is -6.12. The Morgan fingerprint density at radius 3 is 2.39 bits per heavy atom. The quantitative estimate of drug-likeness (QED) is 0.341. The van der Waals surface area contributed by atoms with E-state index in [0.717, 1.165) is 19.3 Å². The number of Topliss-reactive ketones (excluding diaryl/α,β-unsaturated/α-hetero) is 1. The second kappa shape index (κ2) is 10.1. The lowest BCUT2D eigenvalue weighted by atomic mass is 9.44. The number of carboxylic acids is 1. The van der Waals surface area contributed by atoms with E-state index >= 15 is 4.39 Å². The van der Waals surface area contributed by atoms with Crippen LogP contribution in [0, 0.1) is 22.7 Å². The van der Waals surface area contributed by atoms with Gasteiger partial charge in [0.25, 0.3) is 0 Å². The van der Waals surface area contributed by atoms with Crippen LogP contribution in [0.25, 0.3) is 0 Å². The normalized spacial score (nSPS) is 42.9. The van der Waals surface area contributed by atoms with Gasteiger partial charge < -0.3 is 25.5 Å². The van der Waals surface area contributed by atoms with E-state index in [0.29, 0.717) is 24.8 Å². The molecule has 0 aromatic heterocycles. The smallest absolute Gasteiger partial charge is 0.303 e. The molecule has 3 saturated carbocycles. The number of unbranched alkanes of at least 4 members (excludes halogenated alkanes) is 2. The van der Waals surface area contributed by atoms with Crippen LogP contribution in [0.2, 0.25) is 0 Å². The van der Waals surface area contributed by atoms with Crippen LogP contribution in [-0.4, -0.2) is 73.2 Å². The molecule has 4 rings (SSSR count). The minimum atomic E-state index is -2.23. The second-order valence-electron chi connectivity index (χ2n) is 11.2. The van der Waals surface area contributed by atoms with Crippen molar-refractivity contribution >= 4 is 17.5 Å². The Morgan fingerprint density at radius 1 is 1.14 bits per heavy atom. The molecule has 0 unspecified atom stereocenters. The number of carboxylic acid groups (broad SMARTS) is 1. The number of hydrogen-bond acceptors (Lipinski definition) is 7. The van der Waals surface area contributed by atoms with Gasteiger partial charge in [0.1, 0.15) is 6.61 Å². The molecular weight excluding hydrogens is 471 g/mol. The first-order valence-corrected chi connectivity index (χ1v) is 12.8. The van der Waals surface area contributed by atoms with Crippen molar-refractivity contribution in [3.05, 3.63) is 23.8 Å². The third-order valence-electron chi connectivity index (χ3n) is 9.42. The van der Waals surface area contributed by atoms with Gasteiger partial charge in [0.2, 0.25) is 0 Å². The molecule has 9 heteroatoms. The van der Waals surface area contributed by atoms with Gasteiger partial charge in [-0.2, -0.15) is 0 Å². The maximum atomic E-state index is 16.8. The number of ketones is 2. The van der Waals surface area contributed by atoms with Crippen molar-refractivity contribution in [3.8, 4) is 0 Å². The van der Waals surface area contributed by atoms with Crippen LogP contribution in [0.1, 0.15) is 72.1 Å². The number of halogens is 1. The van der Waals surface area contributed by atoms with Crippen molar-refractivity contribution in [3.63, 3.8) is 0 Å². The molecule has 0 aliphatic heterocycles. The molecule has 0 radical (unpaired) electrons. The molecule has 36 heavy (non-hydrogen) atoms. The first kappa shape index (κ1) is 28.6. The van der Waals surface area contributed by atoms with E-state index in [1.54, 1.807) is 13.8 Å². The molecule has 8 nitrogen and oxygen atoms in total. The van der Waals surface area contributed by atoms with Crippen LogP contribution in [0.15, 0.2) is 23.8 Å². The average molecular weight is 511 g/mol. The topological polar surface area (TPSA) is 152 Å². The van der Waals surface area contributed by atoms with Crippen LogP contribution in [0.3, 0.4) is 0 Å². The molecule has 5 N–H and O–H groups in total. The van der Waals surface area contributed by atoms with Crippen molar-refractivity contribution < 1.29 is 44.3 Å². The highest BCUT2D eigenvalue weighted by atomic mass is 19.1. The van der Waals surface area contributed by atoms with Crippen molar-refractivity contribution in [2.75, 3.05) is 6.61 Å². The molecule has 4 aliphatic rings. The number of alkyl halides is 1. The van der Waals surface area contributed by atoms with E-state index in [1.807, 2.05) is 0 Å². The van der Waals surface area contributed by atoms with Gasteiger partial charge in [-0.1, -0.05) is 38.3 Å². The maximum Gasteiger partial charge on any atom is 0.303 e. The summed E-state index contributed by atoms with van der Waals surface area (Å²) in [5.74, 6) is -3.06. The van der Waals surface area contributed by atoms with Gasteiger partial charge in [0.15, 0.2) is 22.8 Å². The fourth-order valence-electron chi connectivity index (χ4n) is 7.38. The third kappa shape index (κ3) is 4.08. The highest BCUT2D eigenvalue weighted by Gasteiger charge is 2.76. The predicted molar refractivity (Wildman–Crippen MR) is 129 cm³/mol. The van der Waals surface area contributed by atoms with E-state index in [-0.39, 0.29) is 18.6 Å². The fourth-order valence-corrected chi connectivity index (χ4v) is 7.38. The molecule has 0 bridgehead atoms. The molecule has 0 spiro atoms. The first-order valence-electron chi connectivity index (χ1n) is 12.8. The minimum absolute atomic E-state index is 0.0135. The Bertz CT molecular complexity index is 961. The van der Waals surface area contributed by atoms with Gasteiger partial charge in [0, 0.05) is 23.2 Å². The van der Waals surface area contributed by atoms with Gasteiger partial charge >= 0.3 is 5.97 Å². The number of hydrogen-bond donors (Lipinski definition) is 5. The largest absolute Gasteiger partial charge is 0.481 e. The Morgan fingerprint density at radius 2 is 1.81 bits per heavy atom. The van der Waals surface area contributed by atoms with Gasteiger partial charge in [-0.3, -0.25) is 14.4 Å². The standard InChI is InChI=1S/C21H27FO6.C6H12O2/c1-18-6-5-12(24)7-11(18)3-4-13-14-8-15(25)21(28,17(27)10-23)19(14,2)9-16(26)20(13,18)22;1-2-3-4-5-6(7)8/h5-7,13-16,23,25-26,28H,3-4,8-10H2,1-2H3;2-5H2,1H3,(H,7,8)/t13-,14-,15+,16-,18-,19-,20-,21-;/m0./s1. The minimum Gasteiger partial charge on any atom is -0.481 e. The molecule has 0 amide bonds. The summed E-state index contributed by atoms with van der Waals surface area (Å²) in [6.07, 6.45) is 5.21. The lowest BCUT2D eigenvalue weighted by molar-refractivity contribution is -0.222. The highest BCUT2D eigenvalue weighted by Crippen LogP contribution is 2.69. The zero-order valence-electron chi connectivity index (χ0n) is 21.2. The number of carbonyl (C=O) groups is 3. The van der Waals surface area contributed by atoms with Crippen LogP contribution in [0.4, 0.5) is 4.39 Å². The van der Waals surface area contributed by atoms with Gasteiger partial charge in [-0.15, -0.1) is 0 Å². The molecule has 0 aromatic carbocycles. The summed E-state index contributed by atoms with van der Waals surface area (Å²) in [7, 11) is 0. The number of fused-ring (bicyclic) bond motifs is 5. The zero-order chi connectivity index (χ0) is 27.1. The Labute approximate surface area is 210 Å². The number of allylic oxidation sites excluding steroid dienone is 4. The number of aliphatic hydroxyl groups is 4.